The molecule has 2 heterocycles. The Labute approximate surface area is 117 Å². The molecule has 5 heteroatoms. The molecule has 1 unspecified atom stereocenters. The summed E-state index contributed by atoms with van der Waals surface area (Å²) in [5.41, 5.74) is 2.15. The Morgan fingerprint density at radius 2 is 2.20 bits per heavy atom. The standard InChI is InChI=1S/C15H17N3O2/c1-18(15(20)13-6-7-14(19)17-13)9-10-8-16-12-5-3-2-4-11(10)12/h2-5,8,13,16H,6-7,9H2,1H3,(H,17,19). The Balaban J connectivity index is 1.74. The minimum absolute atomic E-state index is 0.0267. The highest BCUT2D eigenvalue weighted by Gasteiger charge is 2.29. The summed E-state index contributed by atoms with van der Waals surface area (Å²) in [7, 11) is 1.77. The summed E-state index contributed by atoms with van der Waals surface area (Å²) >= 11 is 0. The number of hydrogen-bond acceptors (Lipinski definition) is 2. The fraction of sp³-hybridized carbons (Fsp3) is 0.333. The predicted octanol–water partition coefficient (Wildman–Crippen LogP) is 1.40. The van der Waals surface area contributed by atoms with Crippen molar-refractivity contribution >= 4 is 22.7 Å². The normalized spacial score (nSPS) is 18.2. The molecule has 2 aromatic rings. The van der Waals surface area contributed by atoms with Gasteiger partial charge >= 0.3 is 0 Å². The van der Waals surface area contributed by atoms with Crippen molar-refractivity contribution in [3.05, 3.63) is 36.0 Å². The second-order valence-corrected chi connectivity index (χ2v) is 5.21. The van der Waals surface area contributed by atoms with Gasteiger partial charge in [-0.05, 0) is 18.1 Å². The summed E-state index contributed by atoms with van der Waals surface area (Å²) in [6, 6.07) is 7.65. The van der Waals surface area contributed by atoms with Gasteiger partial charge in [-0.2, -0.15) is 0 Å². The van der Waals surface area contributed by atoms with Gasteiger partial charge in [0.25, 0.3) is 0 Å². The molecule has 1 aromatic heterocycles. The van der Waals surface area contributed by atoms with Crippen molar-refractivity contribution in [1.29, 1.82) is 0 Å². The Hall–Kier alpha value is -2.30. The molecule has 1 aliphatic rings. The van der Waals surface area contributed by atoms with Crippen molar-refractivity contribution in [3.8, 4) is 0 Å². The largest absolute Gasteiger partial charge is 0.361 e. The summed E-state index contributed by atoms with van der Waals surface area (Å²) in [6.45, 7) is 0.537. The maximum absolute atomic E-state index is 12.3. The minimum Gasteiger partial charge on any atom is -0.361 e. The highest BCUT2D eigenvalue weighted by atomic mass is 16.2. The van der Waals surface area contributed by atoms with E-state index in [2.05, 4.69) is 10.3 Å². The van der Waals surface area contributed by atoms with Gasteiger partial charge in [0.1, 0.15) is 6.04 Å². The molecule has 0 bridgehead atoms. The fourth-order valence-electron chi connectivity index (χ4n) is 2.66. The molecule has 2 N–H and O–H groups in total. The van der Waals surface area contributed by atoms with Crippen LogP contribution in [0, 0.1) is 0 Å². The quantitative estimate of drug-likeness (QED) is 0.886. The van der Waals surface area contributed by atoms with Gasteiger partial charge in [-0.25, -0.2) is 0 Å². The average molecular weight is 271 g/mol. The van der Waals surface area contributed by atoms with Crippen molar-refractivity contribution in [2.24, 2.45) is 0 Å². The Morgan fingerprint density at radius 1 is 1.40 bits per heavy atom. The zero-order valence-electron chi connectivity index (χ0n) is 11.3. The fourth-order valence-corrected chi connectivity index (χ4v) is 2.66. The number of benzene rings is 1. The number of carbonyl (C=O) groups excluding carboxylic acids is 2. The second-order valence-electron chi connectivity index (χ2n) is 5.21. The molecule has 0 aliphatic carbocycles. The molecule has 0 radical (unpaired) electrons. The first-order chi connectivity index (χ1) is 9.65. The van der Waals surface area contributed by atoms with E-state index in [0.717, 1.165) is 16.5 Å². The summed E-state index contributed by atoms with van der Waals surface area (Å²) in [6.07, 6.45) is 2.97. The van der Waals surface area contributed by atoms with Crippen LogP contribution in [0.4, 0.5) is 0 Å². The van der Waals surface area contributed by atoms with Crippen molar-refractivity contribution in [2.45, 2.75) is 25.4 Å². The number of fused-ring (bicyclic) bond motifs is 1. The molecule has 1 aliphatic heterocycles. The van der Waals surface area contributed by atoms with Crippen LogP contribution in [0.5, 0.6) is 0 Å². The van der Waals surface area contributed by atoms with Crippen molar-refractivity contribution < 1.29 is 9.59 Å². The van der Waals surface area contributed by atoms with Crippen LogP contribution in [0.25, 0.3) is 10.9 Å². The number of nitrogens with one attached hydrogen (secondary N) is 2. The third-order valence-corrected chi connectivity index (χ3v) is 3.75. The van der Waals surface area contributed by atoms with Gasteiger partial charge in [-0.1, -0.05) is 18.2 Å². The van der Waals surface area contributed by atoms with Gasteiger partial charge in [0.05, 0.1) is 0 Å². The Bertz CT molecular complexity index is 662. The summed E-state index contributed by atoms with van der Waals surface area (Å²) < 4.78 is 0. The molecule has 104 valence electrons. The SMILES string of the molecule is CN(Cc1c[nH]c2ccccc12)C(=O)C1CCC(=O)N1. The monoisotopic (exact) mass is 271 g/mol. The molecular weight excluding hydrogens is 254 g/mol. The lowest BCUT2D eigenvalue weighted by Crippen LogP contribution is -2.42. The first-order valence-corrected chi connectivity index (χ1v) is 6.74. The number of likely N-dealkylation sites (N-methyl/N-ethyl adjacent to an activating group) is 1. The number of rotatable bonds is 3. The average Bonchev–Trinajstić information content (AvgIpc) is 3.05. The number of carbonyl (C=O) groups is 2. The van der Waals surface area contributed by atoms with E-state index in [1.807, 2.05) is 30.5 Å². The smallest absolute Gasteiger partial charge is 0.245 e. The Morgan fingerprint density at radius 3 is 2.95 bits per heavy atom. The van der Waals surface area contributed by atoms with E-state index in [0.29, 0.717) is 19.4 Å². The molecule has 1 fully saturated rings. The number of aromatic amines is 1. The van der Waals surface area contributed by atoms with Crippen LogP contribution in [-0.4, -0.2) is 34.8 Å². The molecule has 5 nitrogen and oxygen atoms in total. The van der Waals surface area contributed by atoms with Crippen molar-refractivity contribution in [1.82, 2.24) is 15.2 Å². The van der Waals surface area contributed by atoms with Gasteiger partial charge in [-0.3, -0.25) is 9.59 Å². The van der Waals surface area contributed by atoms with Gasteiger partial charge in [0, 0.05) is 37.1 Å². The number of H-pyrrole nitrogens is 1. The number of aromatic nitrogens is 1. The molecule has 0 saturated carbocycles. The zero-order valence-corrected chi connectivity index (χ0v) is 11.3. The Kier molecular flexibility index (Phi) is 3.18. The third-order valence-electron chi connectivity index (χ3n) is 3.75. The van der Waals surface area contributed by atoms with Crippen LogP contribution in [0.3, 0.4) is 0 Å². The molecule has 2 amide bonds. The molecule has 20 heavy (non-hydrogen) atoms. The maximum Gasteiger partial charge on any atom is 0.245 e. The molecule has 3 rings (SSSR count). The molecule has 1 atom stereocenters. The van der Waals surface area contributed by atoms with Crippen molar-refractivity contribution in [3.63, 3.8) is 0 Å². The van der Waals surface area contributed by atoms with Crippen molar-refractivity contribution in [2.75, 3.05) is 7.05 Å². The lowest BCUT2D eigenvalue weighted by Gasteiger charge is -2.20. The molecular formula is C15H17N3O2. The van der Waals surface area contributed by atoms with Crippen LogP contribution >= 0.6 is 0 Å². The highest BCUT2D eigenvalue weighted by Crippen LogP contribution is 2.19. The van der Waals surface area contributed by atoms with Crippen LogP contribution in [-0.2, 0) is 16.1 Å². The van der Waals surface area contributed by atoms with Crippen LogP contribution in [0.1, 0.15) is 18.4 Å². The van der Waals surface area contributed by atoms with Gasteiger partial charge < -0.3 is 15.2 Å². The van der Waals surface area contributed by atoms with E-state index < -0.39 is 0 Å². The summed E-state index contributed by atoms with van der Waals surface area (Å²) in [5, 5.41) is 3.84. The van der Waals surface area contributed by atoms with E-state index >= 15 is 0 Å². The van der Waals surface area contributed by atoms with Crippen LogP contribution in [0.15, 0.2) is 30.5 Å². The van der Waals surface area contributed by atoms with Gasteiger partial charge in [0.15, 0.2) is 0 Å². The first-order valence-electron chi connectivity index (χ1n) is 6.74. The van der Waals surface area contributed by atoms with Crippen LogP contribution < -0.4 is 5.32 Å². The summed E-state index contributed by atoms with van der Waals surface area (Å²) in [5.74, 6) is -0.0648. The van der Waals surface area contributed by atoms with Gasteiger partial charge in [-0.15, -0.1) is 0 Å². The predicted molar refractivity (Wildman–Crippen MR) is 75.9 cm³/mol. The maximum atomic E-state index is 12.3. The minimum atomic E-state index is -0.363. The van der Waals surface area contributed by atoms with E-state index in [-0.39, 0.29) is 17.9 Å². The number of para-hydroxylation sites is 1. The highest BCUT2D eigenvalue weighted by molar-refractivity contribution is 5.91. The summed E-state index contributed by atoms with van der Waals surface area (Å²) in [4.78, 5) is 28.3. The van der Waals surface area contributed by atoms with E-state index in [1.54, 1.807) is 11.9 Å². The van der Waals surface area contributed by atoms with E-state index in [1.165, 1.54) is 0 Å². The zero-order chi connectivity index (χ0) is 14.1. The van der Waals surface area contributed by atoms with E-state index in [9.17, 15) is 9.59 Å². The van der Waals surface area contributed by atoms with Gasteiger partial charge in [0.2, 0.25) is 11.8 Å². The topological polar surface area (TPSA) is 65.2 Å². The first kappa shape index (κ1) is 12.7. The number of amides is 2. The second kappa shape index (κ2) is 5.00. The van der Waals surface area contributed by atoms with Crippen LogP contribution in [0.2, 0.25) is 0 Å². The lowest BCUT2D eigenvalue weighted by molar-refractivity contribution is -0.133. The molecule has 1 aromatic carbocycles. The third kappa shape index (κ3) is 2.27. The molecule has 1 saturated heterocycles. The van der Waals surface area contributed by atoms with E-state index in [4.69, 9.17) is 0 Å². The lowest BCUT2D eigenvalue weighted by atomic mass is 10.1. The number of hydrogen-bond donors (Lipinski definition) is 2. The number of nitrogens with zero attached hydrogens (tertiary/aromatic N) is 1. The molecule has 0 spiro atoms.